The molecule has 1 atom stereocenters. The van der Waals surface area contributed by atoms with E-state index in [1.165, 1.54) is 35.8 Å². The first kappa shape index (κ1) is 20.3. The maximum atomic E-state index is 11.8. The highest BCUT2D eigenvalue weighted by Gasteiger charge is 2.22. The topological polar surface area (TPSA) is 187 Å². The fourth-order valence-corrected chi connectivity index (χ4v) is 3.65. The molecular formula is C17H15N9O4S. The fraction of sp³-hybridized carbons (Fsp3) is 0.176. The molecule has 1 unspecified atom stereocenters. The summed E-state index contributed by atoms with van der Waals surface area (Å²) >= 11 is 0. The summed E-state index contributed by atoms with van der Waals surface area (Å²) in [4.78, 5) is -0.404. The van der Waals surface area contributed by atoms with Crippen LogP contribution in [0.5, 0.6) is 0 Å². The molecule has 0 aliphatic rings. The van der Waals surface area contributed by atoms with Crippen LogP contribution in [0.15, 0.2) is 45.6 Å². The minimum Gasteiger partial charge on any atom is -0.385 e. The highest BCUT2D eigenvalue weighted by Crippen LogP contribution is 2.31. The second-order valence-electron chi connectivity index (χ2n) is 6.53. The van der Waals surface area contributed by atoms with Gasteiger partial charge in [0.2, 0.25) is 5.65 Å². The molecule has 4 rings (SSSR count). The highest BCUT2D eigenvalue weighted by molar-refractivity contribution is 7.86. The first-order chi connectivity index (χ1) is 14.7. The van der Waals surface area contributed by atoms with Gasteiger partial charge in [-0.15, -0.1) is 20.4 Å². The Kier molecular flexibility index (Phi) is 4.85. The highest BCUT2D eigenvalue weighted by atomic mass is 32.2. The van der Waals surface area contributed by atoms with Gasteiger partial charge in [-0.1, -0.05) is 12.1 Å². The summed E-state index contributed by atoms with van der Waals surface area (Å²) in [6, 6.07) is 7.52. The van der Waals surface area contributed by atoms with Crippen molar-refractivity contribution in [3.05, 3.63) is 47.5 Å². The van der Waals surface area contributed by atoms with Crippen LogP contribution in [0, 0.1) is 18.3 Å². The molecule has 158 valence electrons. The molecule has 3 heterocycles. The summed E-state index contributed by atoms with van der Waals surface area (Å²) in [5.74, 6) is 0.233. The number of aromatic amines is 1. The molecule has 0 saturated carbocycles. The molecule has 13 nitrogen and oxygen atoms in total. The maximum Gasteiger partial charge on any atom is 0.296 e. The zero-order valence-corrected chi connectivity index (χ0v) is 17.0. The monoisotopic (exact) mass is 441 g/mol. The van der Waals surface area contributed by atoms with Crippen molar-refractivity contribution < 1.29 is 18.1 Å². The van der Waals surface area contributed by atoms with Crippen LogP contribution >= 0.6 is 0 Å². The Morgan fingerprint density at radius 2 is 2.00 bits per heavy atom. The van der Waals surface area contributed by atoms with Gasteiger partial charge >= 0.3 is 0 Å². The van der Waals surface area contributed by atoms with E-state index in [0.717, 1.165) is 4.68 Å². The van der Waals surface area contributed by atoms with Crippen LogP contribution in [-0.2, 0) is 10.1 Å². The van der Waals surface area contributed by atoms with Crippen molar-refractivity contribution in [1.29, 1.82) is 5.26 Å². The van der Waals surface area contributed by atoms with E-state index in [4.69, 9.17) is 0 Å². The molecule has 0 saturated heterocycles. The third-order valence-corrected chi connectivity index (χ3v) is 5.29. The van der Waals surface area contributed by atoms with Crippen LogP contribution in [-0.4, -0.2) is 47.7 Å². The number of para-hydroxylation sites is 1. The van der Waals surface area contributed by atoms with E-state index in [0.29, 0.717) is 17.0 Å². The first-order valence-electron chi connectivity index (χ1n) is 8.80. The number of nitrogens with zero attached hydrogens (tertiary/aromatic N) is 8. The summed E-state index contributed by atoms with van der Waals surface area (Å²) in [6.45, 7) is 3.25. The zero-order chi connectivity index (χ0) is 22.3. The van der Waals surface area contributed by atoms with Crippen molar-refractivity contribution in [3.63, 3.8) is 0 Å². The largest absolute Gasteiger partial charge is 0.385 e. The molecule has 3 aromatic heterocycles. The molecule has 0 amide bonds. The third-order valence-electron chi connectivity index (χ3n) is 4.39. The van der Waals surface area contributed by atoms with Crippen molar-refractivity contribution in [2.75, 3.05) is 0 Å². The summed E-state index contributed by atoms with van der Waals surface area (Å²) in [7, 11) is -4.56. The second kappa shape index (κ2) is 7.40. The number of aliphatic hydroxyl groups excluding tert-OH is 1. The molecule has 3 N–H and O–H groups in total. The van der Waals surface area contributed by atoms with Gasteiger partial charge in [-0.05, 0) is 26.0 Å². The molecule has 0 aliphatic carbocycles. The van der Waals surface area contributed by atoms with Crippen LogP contribution in [0.4, 0.5) is 11.5 Å². The standard InChI is InChI=1S/C17H15N9O4S/c1-9-14(17-23-21-15(10(2)27)26(17)24-9)20-22-16-11(7-18)8-19-25(16)12-5-3-4-6-13(12)31(28,29)30/h3-6,8,10,24,27H,1-2H3,(H,28,29,30). The Balaban J connectivity index is 1.87. The third kappa shape index (κ3) is 3.46. The van der Waals surface area contributed by atoms with Gasteiger partial charge in [0.15, 0.2) is 17.3 Å². The number of H-pyrrole nitrogens is 1. The summed E-state index contributed by atoms with van der Waals surface area (Å²) < 4.78 is 35.6. The molecule has 0 aliphatic heterocycles. The molecular weight excluding hydrogens is 426 g/mol. The van der Waals surface area contributed by atoms with Crippen molar-refractivity contribution in [2.24, 2.45) is 10.2 Å². The zero-order valence-electron chi connectivity index (χ0n) is 16.2. The lowest BCUT2D eigenvalue weighted by atomic mass is 10.3. The number of hydrogen-bond donors (Lipinski definition) is 3. The number of nitrogens with one attached hydrogen (secondary N) is 1. The fourth-order valence-electron chi connectivity index (χ4n) is 2.98. The lowest BCUT2D eigenvalue weighted by molar-refractivity contribution is 0.186. The van der Waals surface area contributed by atoms with E-state index < -0.39 is 21.1 Å². The lowest BCUT2D eigenvalue weighted by Gasteiger charge is -2.08. The van der Waals surface area contributed by atoms with Gasteiger partial charge in [0.1, 0.15) is 22.6 Å². The minimum atomic E-state index is -4.56. The summed E-state index contributed by atoms with van der Waals surface area (Å²) in [5.41, 5.74) is 1.21. The smallest absolute Gasteiger partial charge is 0.296 e. The van der Waals surface area contributed by atoms with Gasteiger partial charge in [0.25, 0.3) is 10.1 Å². The minimum absolute atomic E-state index is 0.00439. The molecule has 0 fully saturated rings. The molecule has 0 spiro atoms. The number of hydrogen-bond acceptors (Lipinski definition) is 9. The van der Waals surface area contributed by atoms with E-state index in [9.17, 15) is 23.3 Å². The number of fused-ring (bicyclic) bond motifs is 1. The van der Waals surface area contributed by atoms with Crippen LogP contribution in [0.25, 0.3) is 11.3 Å². The van der Waals surface area contributed by atoms with Crippen molar-refractivity contribution in [3.8, 4) is 11.8 Å². The van der Waals surface area contributed by atoms with Gasteiger partial charge in [0.05, 0.1) is 17.6 Å². The number of azo groups is 1. The van der Waals surface area contributed by atoms with Crippen molar-refractivity contribution in [1.82, 2.24) is 29.6 Å². The number of benzene rings is 1. The Labute approximate surface area is 175 Å². The molecule has 0 radical (unpaired) electrons. The van der Waals surface area contributed by atoms with Crippen LogP contribution in [0.2, 0.25) is 0 Å². The normalized spacial score (nSPS) is 13.1. The van der Waals surface area contributed by atoms with Gasteiger partial charge in [0, 0.05) is 0 Å². The van der Waals surface area contributed by atoms with Crippen LogP contribution in [0.3, 0.4) is 0 Å². The molecule has 14 heteroatoms. The second-order valence-corrected chi connectivity index (χ2v) is 7.92. The number of nitriles is 1. The SMILES string of the molecule is Cc1[nH]n2c(C(C)O)nnc2c1N=Nc1c(C#N)cnn1-c1ccccc1S(=O)(=O)O. The van der Waals surface area contributed by atoms with Gasteiger partial charge in [-0.2, -0.15) is 18.8 Å². The maximum absolute atomic E-state index is 11.8. The average Bonchev–Trinajstić information content (AvgIpc) is 3.39. The Morgan fingerprint density at radius 3 is 2.68 bits per heavy atom. The molecule has 31 heavy (non-hydrogen) atoms. The molecule has 4 aromatic rings. The van der Waals surface area contributed by atoms with Gasteiger partial charge in [-0.25, -0.2) is 9.20 Å². The quantitative estimate of drug-likeness (QED) is 0.310. The average molecular weight is 441 g/mol. The van der Waals surface area contributed by atoms with Crippen molar-refractivity contribution >= 4 is 27.3 Å². The van der Waals surface area contributed by atoms with E-state index >= 15 is 0 Å². The Bertz CT molecular complexity index is 1470. The number of aryl methyl sites for hydroxylation is 1. The summed E-state index contributed by atoms with van der Waals surface area (Å²) in [5, 5.41) is 42.4. The van der Waals surface area contributed by atoms with Crippen molar-refractivity contribution in [2.45, 2.75) is 24.8 Å². The predicted octanol–water partition coefficient (Wildman–Crippen LogP) is 2.14. The van der Waals surface area contributed by atoms with Gasteiger partial charge < -0.3 is 5.11 Å². The number of aromatic nitrogens is 6. The molecule has 1 aromatic carbocycles. The molecule has 0 bridgehead atoms. The lowest BCUT2D eigenvalue weighted by Crippen LogP contribution is -2.06. The van der Waals surface area contributed by atoms with Crippen LogP contribution in [0.1, 0.15) is 30.1 Å². The van der Waals surface area contributed by atoms with Crippen LogP contribution < -0.4 is 0 Å². The predicted molar refractivity (Wildman–Crippen MR) is 105 cm³/mol. The first-order valence-corrected chi connectivity index (χ1v) is 10.2. The van der Waals surface area contributed by atoms with E-state index in [-0.39, 0.29) is 22.9 Å². The Hall–Kier alpha value is -3.93. The number of rotatable bonds is 5. The van der Waals surface area contributed by atoms with Gasteiger partial charge in [-0.3, -0.25) is 9.65 Å². The van der Waals surface area contributed by atoms with E-state index in [1.54, 1.807) is 13.0 Å². The van der Waals surface area contributed by atoms with E-state index in [2.05, 4.69) is 30.6 Å². The Morgan fingerprint density at radius 1 is 1.26 bits per heavy atom. The van der Waals surface area contributed by atoms with E-state index in [1.807, 2.05) is 6.07 Å². The summed E-state index contributed by atoms with van der Waals surface area (Å²) in [6.07, 6.45) is 0.332. The number of aliphatic hydroxyl groups is 1.